The molecule has 2 unspecified atom stereocenters. The van der Waals surface area contributed by atoms with E-state index in [-0.39, 0.29) is 12.1 Å². The fraction of sp³-hybridized carbons (Fsp3) is 0.576. The predicted molar refractivity (Wildman–Crippen MR) is 158 cm³/mol. The van der Waals surface area contributed by atoms with E-state index in [0.717, 1.165) is 80.0 Å². The molecule has 2 N–H and O–H groups in total. The van der Waals surface area contributed by atoms with Crippen LogP contribution in [0.2, 0.25) is 0 Å². The zero-order chi connectivity index (χ0) is 26.9. The van der Waals surface area contributed by atoms with Crippen LogP contribution >= 0.6 is 0 Å². The van der Waals surface area contributed by atoms with E-state index >= 15 is 0 Å². The minimum absolute atomic E-state index is 0.211. The lowest BCUT2D eigenvalue weighted by Crippen LogP contribution is -2.04. The number of aliphatic imine (C=N–C) groups is 2. The summed E-state index contributed by atoms with van der Waals surface area (Å²) in [5.74, 6) is 2.05. The van der Waals surface area contributed by atoms with Gasteiger partial charge in [-0.3, -0.25) is 9.98 Å². The average Bonchev–Trinajstić information content (AvgIpc) is 3.33. The van der Waals surface area contributed by atoms with Gasteiger partial charge in [0.15, 0.2) is 0 Å². The van der Waals surface area contributed by atoms with Crippen LogP contribution in [0.3, 0.4) is 0 Å². The van der Waals surface area contributed by atoms with Gasteiger partial charge in [-0.15, -0.1) is 0 Å². The molecule has 0 spiro atoms. The summed E-state index contributed by atoms with van der Waals surface area (Å²) in [7, 11) is 0. The zero-order valence-electron chi connectivity index (χ0n) is 23.9. The maximum Gasteiger partial charge on any atom is 0.127 e. The summed E-state index contributed by atoms with van der Waals surface area (Å²) < 4.78 is 0. The van der Waals surface area contributed by atoms with Crippen molar-refractivity contribution in [3.63, 3.8) is 0 Å². The first-order valence-corrected chi connectivity index (χ1v) is 14.5. The van der Waals surface area contributed by atoms with Crippen molar-refractivity contribution in [3.05, 3.63) is 57.6 Å². The van der Waals surface area contributed by atoms with E-state index < -0.39 is 0 Å². The van der Waals surface area contributed by atoms with Gasteiger partial charge < -0.3 is 10.2 Å². The van der Waals surface area contributed by atoms with Crippen molar-refractivity contribution in [1.29, 1.82) is 0 Å². The molecule has 37 heavy (non-hydrogen) atoms. The van der Waals surface area contributed by atoms with Gasteiger partial charge in [-0.2, -0.15) is 0 Å². The van der Waals surface area contributed by atoms with Gasteiger partial charge in [-0.25, -0.2) is 0 Å². The van der Waals surface area contributed by atoms with E-state index in [9.17, 15) is 10.2 Å². The fourth-order valence-electron chi connectivity index (χ4n) is 5.09. The molecule has 1 fully saturated rings. The largest absolute Gasteiger partial charge is 0.507 e. The van der Waals surface area contributed by atoms with E-state index in [2.05, 4.69) is 65.8 Å². The molecule has 1 aliphatic rings. The van der Waals surface area contributed by atoms with Crippen LogP contribution in [-0.4, -0.2) is 34.7 Å². The van der Waals surface area contributed by atoms with Crippen molar-refractivity contribution in [3.8, 4) is 11.5 Å². The number of rotatable bonds is 12. The van der Waals surface area contributed by atoms with Crippen LogP contribution in [0, 0.1) is 11.8 Å². The minimum atomic E-state index is 0.211. The monoisotopic (exact) mass is 504 g/mol. The van der Waals surface area contributed by atoms with Gasteiger partial charge in [0.05, 0.1) is 12.1 Å². The summed E-state index contributed by atoms with van der Waals surface area (Å²) in [5, 5.41) is 21.5. The standard InChI is InChI=1S/C33H48N2O2/c1-7-26-15-24(11-9-22(3)4)17-28(32(26)36)20-34-30-13-14-31(19-30)35-21-29-18-25(12-10-23(5)6)16-27(8-2)33(29)37/h15-18,20-23,30-31,36-37H,7-14,19H2,1-6H3. The minimum Gasteiger partial charge on any atom is -0.507 e. The predicted octanol–water partition coefficient (Wildman–Crippen LogP) is 7.86. The molecule has 0 heterocycles. The maximum absolute atomic E-state index is 10.7. The lowest BCUT2D eigenvalue weighted by atomic mass is 9.97. The molecular formula is C33H48N2O2. The quantitative estimate of drug-likeness (QED) is 0.289. The first-order valence-electron chi connectivity index (χ1n) is 14.5. The number of nitrogens with zero attached hydrogens (tertiary/aromatic N) is 2. The fourth-order valence-corrected chi connectivity index (χ4v) is 5.09. The smallest absolute Gasteiger partial charge is 0.127 e. The van der Waals surface area contributed by atoms with Crippen molar-refractivity contribution in [2.75, 3.05) is 0 Å². The van der Waals surface area contributed by atoms with Crippen molar-refractivity contribution in [1.82, 2.24) is 0 Å². The van der Waals surface area contributed by atoms with Crippen LogP contribution in [0.15, 0.2) is 34.3 Å². The molecule has 0 aliphatic heterocycles. The molecule has 2 aromatic carbocycles. The molecule has 0 saturated heterocycles. The number of phenolic OH excluding ortho intramolecular Hbond substituents is 2. The number of phenols is 2. The van der Waals surface area contributed by atoms with Gasteiger partial charge in [0.2, 0.25) is 0 Å². The van der Waals surface area contributed by atoms with Crippen LogP contribution in [0.4, 0.5) is 0 Å². The molecular weight excluding hydrogens is 456 g/mol. The highest BCUT2D eigenvalue weighted by Crippen LogP contribution is 2.29. The molecule has 1 saturated carbocycles. The van der Waals surface area contributed by atoms with Crippen LogP contribution in [0.25, 0.3) is 0 Å². The molecule has 3 rings (SSSR count). The topological polar surface area (TPSA) is 65.2 Å². The third-order valence-electron chi connectivity index (χ3n) is 7.56. The highest BCUT2D eigenvalue weighted by molar-refractivity contribution is 5.85. The Morgan fingerprint density at radius 1 is 0.730 bits per heavy atom. The van der Waals surface area contributed by atoms with Gasteiger partial charge in [-0.05, 0) is 104 Å². The second-order valence-electron chi connectivity index (χ2n) is 11.6. The van der Waals surface area contributed by atoms with Crippen LogP contribution in [-0.2, 0) is 25.7 Å². The third-order valence-corrected chi connectivity index (χ3v) is 7.56. The Morgan fingerprint density at radius 2 is 1.14 bits per heavy atom. The number of hydrogen-bond acceptors (Lipinski definition) is 4. The second-order valence-corrected chi connectivity index (χ2v) is 11.6. The summed E-state index contributed by atoms with van der Waals surface area (Å²) in [4.78, 5) is 9.73. The second kappa shape index (κ2) is 13.8. The molecule has 202 valence electrons. The highest BCUT2D eigenvalue weighted by atomic mass is 16.3. The molecule has 0 aromatic heterocycles. The summed E-state index contributed by atoms with van der Waals surface area (Å²) in [5.41, 5.74) is 6.22. The van der Waals surface area contributed by atoms with Crippen LogP contribution in [0.1, 0.15) is 107 Å². The molecule has 1 aliphatic carbocycles. The van der Waals surface area contributed by atoms with E-state index in [4.69, 9.17) is 9.98 Å². The lowest BCUT2D eigenvalue weighted by Gasteiger charge is -2.12. The van der Waals surface area contributed by atoms with E-state index in [1.807, 2.05) is 12.4 Å². The molecule has 4 heteroatoms. The Kier molecular flexibility index (Phi) is 10.8. The van der Waals surface area contributed by atoms with E-state index in [0.29, 0.717) is 23.3 Å². The SMILES string of the molecule is CCc1cc(CCC(C)C)cc(C=NC2CCC(N=Cc3cc(CCC(C)C)cc(CC)c3O)C2)c1O. The maximum atomic E-state index is 10.7. The number of benzene rings is 2. The first-order chi connectivity index (χ1) is 17.7. The number of hydrogen-bond donors (Lipinski definition) is 2. The van der Waals surface area contributed by atoms with Crippen molar-refractivity contribution in [2.24, 2.45) is 21.8 Å². The van der Waals surface area contributed by atoms with Crippen molar-refractivity contribution in [2.45, 2.75) is 111 Å². The van der Waals surface area contributed by atoms with Crippen molar-refractivity contribution < 1.29 is 10.2 Å². The normalized spacial score (nSPS) is 18.3. The summed E-state index contributed by atoms with van der Waals surface area (Å²) >= 11 is 0. The molecule has 0 radical (unpaired) electrons. The third kappa shape index (κ3) is 8.45. The summed E-state index contributed by atoms with van der Waals surface area (Å²) in [6.45, 7) is 13.2. The van der Waals surface area contributed by atoms with E-state index in [1.165, 1.54) is 11.1 Å². The molecule has 0 amide bonds. The van der Waals surface area contributed by atoms with Gasteiger partial charge >= 0.3 is 0 Å². The van der Waals surface area contributed by atoms with Crippen LogP contribution < -0.4 is 0 Å². The molecule has 2 atom stereocenters. The molecule has 0 bridgehead atoms. The Labute approximate surface area is 225 Å². The van der Waals surface area contributed by atoms with E-state index in [1.54, 1.807) is 0 Å². The van der Waals surface area contributed by atoms with Gasteiger partial charge in [0, 0.05) is 23.6 Å². The molecule has 4 nitrogen and oxygen atoms in total. The molecule has 2 aromatic rings. The Bertz CT molecular complexity index is 999. The van der Waals surface area contributed by atoms with Crippen molar-refractivity contribution >= 4 is 12.4 Å². The zero-order valence-corrected chi connectivity index (χ0v) is 23.9. The lowest BCUT2D eigenvalue weighted by molar-refractivity contribution is 0.467. The van der Waals surface area contributed by atoms with Gasteiger partial charge in [-0.1, -0.05) is 53.7 Å². The average molecular weight is 505 g/mol. The first kappa shape index (κ1) is 28.9. The number of aryl methyl sites for hydroxylation is 4. The Balaban J connectivity index is 1.68. The summed E-state index contributed by atoms with van der Waals surface area (Å²) in [6.07, 6.45) is 12.6. The summed E-state index contributed by atoms with van der Waals surface area (Å²) in [6, 6.07) is 8.92. The van der Waals surface area contributed by atoms with Crippen LogP contribution in [0.5, 0.6) is 11.5 Å². The Morgan fingerprint density at radius 3 is 1.49 bits per heavy atom. The highest BCUT2D eigenvalue weighted by Gasteiger charge is 2.23. The van der Waals surface area contributed by atoms with Gasteiger partial charge in [0.1, 0.15) is 11.5 Å². The number of aromatic hydroxyl groups is 2. The van der Waals surface area contributed by atoms with Gasteiger partial charge in [0.25, 0.3) is 0 Å². The Hall–Kier alpha value is -2.62.